The van der Waals surface area contributed by atoms with Gasteiger partial charge in [-0.1, -0.05) is 30.3 Å². The summed E-state index contributed by atoms with van der Waals surface area (Å²) in [5, 5.41) is 0. The van der Waals surface area contributed by atoms with Gasteiger partial charge in [0.05, 0.1) is 11.4 Å². The first-order valence-corrected chi connectivity index (χ1v) is 6.96. The van der Waals surface area contributed by atoms with Gasteiger partial charge in [-0.05, 0) is 36.8 Å². The maximum atomic E-state index is 11.9. The highest BCUT2D eigenvalue weighted by Crippen LogP contribution is 2.13. The van der Waals surface area contributed by atoms with Gasteiger partial charge in [-0.2, -0.15) is 8.42 Å². The minimum absolute atomic E-state index is 0.526. The minimum atomic E-state index is -3.60. The van der Waals surface area contributed by atoms with Crippen molar-refractivity contribution < 1.29 is 8.42 Å². The van der Waals surface area contributed by atoms with E-state index < -0.39 is 10.2 Å². The predicted octanol–water partition coefficient (Wildman–Crippen LogP) is 2.76. The molecule has 0 heterocycles. The fraction of sp³-hybridized carbons (Fsp3) is 0.0769. The first-order valence-electron chi connectivity index (χ1n) is 5.47. The third-order valence-corrected chi connectivity index (χ3v) is 3.31. The van der Waals surface area contributed by atoms with Crippen molar-refractivity contribution in [2.75, 3.05) is 9.44 Å². The van der Waals surface area contributed by atoms with Gasteiger partial charge >= 0.3 is 10.2 Å². The molecule has 5 heteroatoms. The second-order valence-corrected chi connectivity index (χ2v) is 5.36. The van der Waals surface area contributed by atoms with Crippen molar-refractivity contribution in [2.24, 2.45) is 0 Å². The van der Waals surface area contributed by atoms with E-state index in [2.05, 4.69) is 9.44 Å². The molecule has 18 heavy (non-hydrogen) atoms. The van der Waals surface area contributed by atoms with Crippen LogP contribution < -0.4 is 9.44 Å². The van der Waals surface area contributed by atoms with Gasteiger partial charge in [0.15, 0.2) is 0 Å². The summed E-state index contributed by atoms with van der Waals surface area (Å²) in [5.74, 6) is 0. The van der Waals surface area contributed by atoms with Gasteiger partial charge in [0, 0.05) is 0 Å². The molecule has 0 saturated heterocycles. The maximum Gasteiger partial charge on any atom is 0.321 e. The first kappa shape index (κ1) is 12.4. The van der Waals surface area contributed by atoms with Crippen molar-refractivity contribution in [3.05, 3.63) is 60.2 Å². The molecule has 0 radical (unpaired) electrons. The van der Waals surface area contributed by atoms with Gasteiger partial charge in [-0.25, -0.2) is 0 Å². The standard InChI is InChI=1S/C13H14N2O2S/c1-11-6-5-9-13(10-11)15-18(16,17)14-12-7-3-2-4-8-12/h2-10,14-15H,1H3. The molecule has 94 valence electrons. The van der Waals surface area contributed by atoms with Crippen LogP contribution in [0.2, 0.25) is 0 Å². The summed E-state index contributed by atoms with van der Waals surface area (Å²) >= 11 is 0. The van der Waals surface area contributed by atoms with Crippen molar-refractivity contribution in [3.8, 4) is 0 Å². The molecule has 0 saturated carbocycles. The Hall–Kier alpha value is -2.01. The molecule has 0 amide bonds. The van der Waals surface area contributed by atoms with Crippen LogP contribution in [0.15, 0.2) is 54.6 Å². The monoisotopic (exact) mass is 262 g/mol. The van der Waals surface area contributed by atoms with Gasteiger partial charge in [0.1, 0.15) is 0 Å². The molecule has 0 spiro atoms. The molecule has 0 unspecified atom stereocenters. The lowest BCUT2D eigenvalue weighted by Crippen LogP contribution is -2.21. The van der Waals surface area contributed by atoms with Crippen LogP contribution in [0.4, 0.5) is 11.4 Å². The average Bonchev–Trinajstić information content (AvgIpc) is 2.28. The summed E-state index contributed by atoms with van der Waals surface area (Å²) in [6, 6.07) is 15.9. The molecular formula is C13H14N2O2S. The van der Waals surface area contributed by atoms with E-state index in [0.29, 0.717) is 11.4 Å². The van der Waals surface area contributed by atoms with E-state index in [0.717, 1.165) is 5.56 Å². The minimum Gasteiger partial charge on any atom is -0.267 e. The number of nitrogens with one attached hydrogen (secondary N) is 2. The van der Waals surface area contributed by atoms with Gasteiger partial charge in [0.25, 0.3) is 0 Å². The summed E-state index contributed by atoms with van der Waals surface area (Å²) in [4.78, 5) is 0. The van der Waals surface area contributed by atoms with Crippen LogP contribution in [0, 0.1) is 6.92 Å². The lowest BCUT2D eigenvalue weighted by Gasteiger charge is -2.10. The summed E-state index contributed by atoms with van der Waals surface area (Å²) in [7, 11) is -3.60. The van der Waals surface area contributed by atoms with E-state index in [4.69, 9.17) is 0 Å². The third kappa shape index (κ3) is 3.49. The molecule has 0 aliphatic rings. The Morgan fingerprint density at radius 3 is 2.11 bits per heavy atom. The molecule has 0 aliphatic heterocycles. The SMILES string of the molecule is Cc1cccc(NS(=O)(=O)Nc2ccccc2)c1. The van der Waals surface area contributed by atoms with Crippen LogP contribution in [-0.2, 0) is 10.2 Å². The highest BCUT2D eigenvalue weighted by atomic mass is 32.2. The Morgan fingerprint density at radius 1 is 0.833 bits per heavy atom. The van der Waals surface area contributed by atoms with Crippen LogP contribution in [0.3, 0.4) is 0 Å². The predicted molar refractivity (Wildman–Crippen MR) is 73.8 cm³/mol. The van der Waals surface area contributed by atoms with Crippen LogP contribution >= 0.6 is 0 Å². The zero-order chi connectivity index (χ0) is 13.0. The molecule has 2 N–H and O–H groups in total. The number of aryl methyl sites for hydroxylation is 1. The lowest BCUT2D eigenvalue weighted by atomic mass is 10.2. The van der Waals surface area contributed by atoms with Gasteiger partial charge in [0.2, 0.25) is 0 Å². The number of anilines is 2. The zero-order valence-corrected chi connectivity index (χ0v) is 10.7. The molecule has 4 nitrogen and oxygen atoms in total. The van der Waals surface area contributed by atoms with E-state index in [9.17, 15) is 8.42 Å². The van der Waals surface area contributed by atoms with Crippen molar-refractivity contribution in [1.29, 1.82) is 0 Å². The highest BCUT2D eigenvalue weighted by Gasteiger charge is 2.09. The van der Waals surface area contributed by atoms with E-state index in [-0.39, 0.29) is 0 Å². The van der Waals surface area contributed by atoms with Crippen molar-refractivity contribution in [1.82, 2.24) is 0 Å². The molecule has 0 aromatic heterocycles. The van der Waals surface area contributed by atoms with Crippen molar-refractivity contribution in [2.45, 2.75) is 6.92 Å². The summed E-state index contributed by atoms with van der Waals surface area (Å²) in [6.07, 6.45) is 0. The maximum absolute atomic E-state index is 11.9. The molecule has 0 bridgehead atoms. The molecular weight excluding hydrogens is 248 g/mol. The molecule has 0 fully saturated rings. The number of rotatable bonds is 4. The van der Waals surface area contributed by atoms with E-state index in [1.807, 2.05) is 19.1 Å². The Morgan fingerprint density at radius 2 is 1.44 bits per heavy atom. The van der Waals surface area contributed by atoms with Crippen LogP contribution in [0.5, 0.6) is 0 Å². The third-order valence-electron chi connectivity index (χ3n) is 2.30. The zero-order valence-electron chi connectivity index (χ0n) is 9.92. The highest BCUT2D eigenvalue weighted by molar-refractivity contribution is 7.94. The normalized spacial score (nSPS) is 10.9. The first-order chi connectivity index (χ1) is 8.55. The number of para-hydroxylation sites is 1. The molecule has 0 atom stereocenters. The fourth-order valence-corrected chi connectivity index (χ4v) is 2.49. The molecule has 2 aromatic carbocycles. The number of hydrogen-bond donors (Lipinski definition) is 2. The van der Waals surface area contributed by atoms with Crippen molar-refractivity contribution in [3.63, 3.8) is 0 Å². The number of benzene rings is 2. The second-order valence-electron chi connectivity index (χ2n) is 3.94. The second kappa shape index (κ2) is 5.10. The van der Waals surface area contributed by atoms with Crippen LogP contribution in [0.25, 0.3) is 0 Å². The van der Waals surface area contributed by atoms with Gasteiger partial charge < -0.3 is 0 Å². The van der Waals surface area contributed by atoms with Gasteiger partial charge in [-0.3, -0.25) is 9.44 Å². The van der Waals surface area contributed by atoms with Crippen LogP contribution in [-0.4, -0.2) is 8.42 Å². The van der Waals surface area contributed by atoms with Crippen LogP contribution in [0.1, 0.15) is 5.56 Å². The smallest absolute Gasteiger partial charge is 0.267 e. The van der Waals surface area contributed by atoms with E-state index in [1.54, 1.807) is 42.5 Å². The molecule has 2 aromatic rings. The summed E-state index contributed by atoms with van der Waals surface area (Å²) < 4.78 is 28.6. The molecule has 2 rings (SSSR count). The van der Waals surface area contributed by atoms with E-state index in [1.165, 1.54) is 0 Å². The largest absolute Gasteiger partial charge is 0.321 e. The lowest BCUT2D eigenvalue weighted by molar-refractivity contribution is 0.606. The Kier molecular flexibility index (Phi) is 3.53. The Labute approximate surface area is 107 Å². The fourth-order valence-electron chi connectivity index (χ4n) is 1.55. The molecule has 0 aliphatic carbocycles. The van der Waals surface area contributed by atoms with Crippen molar-refractivity contribution >= 4 is 21.6 Å². The Bertz CT molecular complexity index is 624. The quantitative estimate of drug-likeness (QED) is 0.890. The van der Waals surface area contributed by atoms with Gasteiger partial charge in [-0.15, -0.1) is 0 Å². The topological polar surface area (TPSA) is 58.2 Å². The Balaban J connectivity index is 2.13. The summed E-state index contributed by atoms with van der Waals surface area (Å²) in [6.45, 7) is 1.91. The average molecular weight is 262 g/mol. The summed E-state index contributed by atoms with van der Waals surface area (Å²) in [5.41, 5.74) is 2.06. The number of hydrogen-bond acceptors (Lipinski definition) is 2. The van der Waals surface area contributed by atoms with E-state index >= 15 is 0 Å².